The molecule has 0 radical (unpaired) electrons. The van der Waals surface area contributed by atoms with Gasteiger partial charge in [0.05, 0.1) is 12.5 Å². The van der Waals surface area contributed by atoms with Gasteiger partial charge in [0.25, 0.3) is 0 Å². The number of furan rings is 1. The Morgan fingerprint density at radius 2 is 2.42 bits per heavy atom. The third kappa shape index (κ3) is 1.27. The van der Waals surface area contributed by atoms with Crippen molar-refractivity contribution in [3.8, 4) is 0 Å². The molecule has 2 heteroatoms. The first-order chi connectivity index (χ1) is 5.73. The monoisotopic (exact) mass is 165 g/mol. The zero-order valence-electron chi connectivity index (χ0n) is 7.42. The number of hydrogen-bond donors (Lipinski definition) is 1. The Morgan fingerprint density at radius 1 is 1.67 bits per heavy atom. The summed E-state index contributed by atoms with van der Waals surface area (Å²) >= 11 is 0. The normalized spacial score (nSPS) is 22.2. The Bertz CT molecular complexity index is 247. The van der Waals surface area contributed by atoms with Gasteiger partial charge >= 0.3 is 0 Å². The molecule has 0 saturated heterocycles. The van der Waals surface area contributed by atoms with Gasteiger partial charge in [-0.15, -0.1) is 0 Å². The maximum Gasteiger partial charge on any atom is 0.0934 e. The van der Waals surface area contributed by atoms with Crippen molar-refractivity contribution in [3.63, 3.8) is 0 Å². The van der Waals surface area contributed by atoms with Crippen LogP contribution >= 0.6 is 0 Å². The molecule has 0 aromatic carbocycles. The molecule has 0 amide bonds. The second-order valence-electron chi connectivity index (χ2n) is 3.96. The summed E-state index contributed by atoms with van der Waals surface area (Å²) < 4.78 is 5.03. The average Bonchev–Trinajstić information content (AvgIpc) is 2.60. The van der Waals surface area contributed by atoms with Crippen LogP contribution in [0.1, 0.15) is 25.3 Å². The van der Waals surface area contributed by atoms with E-state index in [1.54, 1.807) is 6.26 Å². The number of nitrogens with two attached hydrogens (primary N) is 1. The lowest BCUT2D eigenvalue weighted by atomic mass is 9.92. The summed E-state index contributed by atoms with van der Waals surface area (Å²) in [5, 5.41) is 0. The summed E-state index contributed by atoms with van der Waals surface area (Å²) in [5.41, 5.74) is 7.59. The van der Waals surface area contributed by atoms with E-state index < -0.39 is 0 Å². The Labute approximate surface area is 72.7 Å². The molecule has 0 spiro atoms. The van der Waals surface area contributed by atoms with E-state index in [2.05, 4.69) is 6.92 Å². The molecular formula is C10H15NO. The van der Waals surface area contributed by atoms with Crippen molar-refractivity contribution in [1.82, 2.24) is 0 Å². The first-order valence-corrected chi connectivity index (χ1v) is 4.50. The van der Waals surface area contributed by atoms with E-state index in [1.807, 2.05) is 12.3 Å². The van der Waals surface area contributed by atoms with Gasteiger partial charge in [-0.3, -0.25) is 0 Å². The molecule has 0 bridgehead atoms. The minimum Gasteiger partial charge on any atom is -0.472 e. The quantitative estimate of drug-likeness (QED) is 0.743. The fourth-order valence-corrected chi connectivity index (χ4v) is 1.75. The molecule has 2 N–H and O–H groups in total. The summed E-state index contributed by atoms with van der Waals surface area (Å²) in [6.45, 7) is 2.10. The van der Waals surface area contributed by atoms with Crippen molar-refractivity contribution in [2.45, 2.75) is 32.2 Å². The van der Waals surface area contributed by atoms with Crippen LogP contribution in [0.25, 0.3) is 0 Å². The molecule has 1 aromatic rings. The van der Waals surface area contributed by atoms with E-state index in [-0.39, 0.29) is 0 Å². The van der Waals surface area contributed by atoms with Crippen LogP contribution in [-0.2, 0) is 6.42 Å². The second-order valence-corrected chi connectivity index (χ2v) is 3.96. The van der Waals surface area contributed by atoms with E-state index in [9.17, 15) is 0 Å². The van der Waals surface area contributed by atoms with Gasteiger partial charge in [0.2, 0.25) is 0 Å². The van der Waals surface area contributed by atoms with Crippen molar-refractivity contribution < 1.29 is 4.42 Å². The van der Waals surface area contributed by atoms with Crippen molar-refractivity contribution in [2.24, 2.45) is 11.1 Å². The highest BCUT2D eigenvalue weighted by atomic mass is 16.3. The van der Waals surface area contributed by atoms with Crippen LogP contribution in [0.5, 0.6) is 0 Å². The van der Waals surface area contributed by atoms with Gasteiger partial charge in [-0.25, -0.2) is 0 Å². The molecule has 1 aliphatic carbocycles. The van der Waals surface area contributed by atoms with Crippen molar-refractivity contribution >= 4 is 0 Å². The van der Waals surface area contributed by atoms with Gasteiger partial charge in [-0.05, 0) is 43.2 Å². The highest BCUT2D eigenvalue weighted by molar-refractivity contribution is 5.14. The molecule has 1 heterocycles. The van der Waals surface area contributed by atoms with Crippen molar-refractivity contribution in [1.29, 1.82) is 0 Å². The minimum absolute atomic E-state index is 0.312. The number of hydrogen-bond acceptors (Lipinski definition) is 2. The predicted molar refractivity (Wildman–Crippen MR) is 47.7 cm³/mol. The van der Waals surface area contributed by atoms with Gasteiger partial charge < -0.3 is 10.2 Å². The van der Waals surface area contributed by atoms with Crippen LogP contribution in [0.2, 0.25) is 0 Å². The van der Waals surface area contributed by atoms with E-state index >= 15 is 0 Å². The van der Waals surface area contributed by atoms with E-state index in [0.29, 0.717) is 11.5 Å². The summed E-state index contributed by atoms with van der Waals surface area (Å²) in [6, 6.07) is 2.34. The van der Waals surface area contributed by atoms with E-state index in [0.717, 1.165) is 6.42 Å². The number of rotatable bonds is 3. The molecule has 1 atom stereocenters. The van der Waals surface area contributed by atoms with Gasteiger partial charge in [-0.2, -0.15) is 0 Å². The first kappa shape index (κ1) is 7.87. The van der Waals surface area contributed by atoms with Crippen molar-refractivity contribution in [2.75, 3.05) is 0 Å². The lowest BCUT2D eigenvalue weighted by Gasteiger charge is -2.17. The fraction of sp³-hybridized carbons (Fsp3) is 0.600. The van der Waals surface area contributed by atoms with Gasteiger partial charge in [0, 0.05) is 6.04 Å². The maximum absolute atomic E-state index is 5.92. The molecule has 2 nitrogen and oxygen atoms in total. The summed E-state index contributed by atoms with van der Waals surface area (Å²) in [6.07, 6.45) is 7.18. The standard InChI is InChI=1S/C10H15NO/c1-8(11)10(3-4-10)6-9-2-5-12-7-9/h2,5,7-8H,3-4,6,11H2,1H3. The van der Waals surface area contributed by atoms with Crippen molar-refractivity contribution in [3.05, 3.63) is 24.2 Å². The van der Waals surface area contributed by atoms with Gasteiger partial charge in [-0.1, -0.05) is 0 Å². The van der Waals surface area contributed by atoms with Crippen LogP contribution in [0.3, 0.4) is 0 Å². The van der Waals surface area contributed by atoms with Crippen LogP contribution in [-0.4, -0.2) is 6.04 Å². The molecule has 12 heavy (non-hydrogen) atoms. The molecule has 1 aliphatic rings. The molecule has 1 fully saturated rings. The third-order valence-electron chi connectivity index (χ3n) is 2.99. The molecule has 0 aliphatic heterocycles. The SMILES string of the molecule is CC(N)C1(Cc2ccoc2)CC1. The third-order valence-corrected chi connectivity index (χ3v) is 2.99. The maximum atomic E-state index is 5.92. The molecule has 1 unspecified atom stereocenters. The largest absolute Gasteiger partial charge is 0.472 e. The zero-order valence-corrected chi connectivity index (χ0v) is 7.42. The lowest BCUT2D eigenvalue weighted by molar-refractivity contribution is 0.416. The molecule has 2 rings (SSSR count). The predicted octanol–water partition coefficient (Wildman–Crippen LogP) is 1.95. The molecule has 66 valence electrons. The summed E-state index contributed by atoms with van der Waals surface area (Å²) in [5.74, 6) is 0. The summed E-state index contributed by atoms with van der Waals surface area (Å²) in [4.78, 5) is 0. The Morgan fingerprint density at radius 3 is 2.83 bits per heavy atom. The van der Waals surface area contributed by atoms with Crippen LogP contribution in [0, 0.1) is 5.41 Å². The van der Waals surface area contributed by atoms with Crippen LogP contribution < -0.4 is 5.73 Å². The highest BCUT2D eigenvalue weighted by Crippen LogP contribution is 2.50. The Hall–Kier alpha value is -0.760. The lowest BCUT2D eigenvalue weighted by Crippen LogP contribution is -2.29. The Balaban J connectivity index is 2.04. The van der Waals surface area contributed by atoms with Crippen LogP contribution in [0.15, 0.2) is 23.0 Å². The van der Waals surface area contributed by atoms with Gasteiger partial charge in [0.1, 0.15) is 0 Å². The second kappa shape index (κ2) is 2.63. The van der Waals surface area contributed by atoms with Gasteiger partial charge in [0.15, 0.2) is 0 Å². The smallest absolute Gasteiger partial charge is 0.0934 e. The Kier molecular flexibility index (Phi) is 1.72. The van der Waals surface area contributed by atoms with E-state index in [1.165, 1.54) is 18.4 Å². The van der Waals surface area contributed by atoms with Crippen LogP contribution in [0.4, 0.5) is 0 Å². The fourth-order valence-electron chi connectivity index (χ4n) is 1.75. The van der Waals surface area contributed by atoms with E-state index in [4.69, 9.17) is 10.2 Å². The first-order valence-electron chi connectivity index (χ1n) is 4.50. The molecule has 1 saturated carbocycles. The minimum atomic E-state index is 0.312. The molecule has 1 aromatic heterocycles. The topological polar surface area (TPSA) is 39.2 Å². The molecular weight excluding hydrogens is 150 g/mol. The average molecular weight is 165 g/mol. The highest BCUT2D eigenvalue weighted by Gasteiger charge is 2.45. The summed E-state index contributed by atoms with van der Waals surface area (Å²) in [7, 11) is 0. The zero-order chi connectivity index (χ0) is 8.60.